The SMILES string of the molecule is CN1CCN(Cc2ccccc2CCC(O)(c2ccccc2)C2CN3CCC2C3)CC1. The smallest absolute Gasteiger partial charge is 0.0943 e. The first-order chi connectivity index (χ1) is 15.1. The van der Waals surface area contributed by atoms with Gasteiger partial charge < -0.3 is 14.9 Å². The Labute approximate surface area is 187 Å². The lowest BCUT2D eigenvalue weighted by molar-refractivity contribution is -0.0495. The maximum atomic E-state index is 12.2. The van der Waals surface area contributed by atoms with Gasteiger partial charge in [0.1, 0.15) is 0 Å². The van der Waals surface area contributed by atoms with Crippen LogP contribution < -0.4 is 0 Å². The standard InChI is InChI=1S/C27H37N3O/c1-28-15-17-29(18-16-28)19-23-8-6-5-7-22(23)11-13-27(31,25-9-3-2-4-10-25)26-21-30-14-12-24(26)20-30/h2-10,24,26,31H,11-21H2,1H3. The fourth-order valence-corrected chi connectivity index (χ4v) is 6.12. The zero-order valence-corrected chi connectivity index (χ0v) is 18.9. The van der Waals surface area contributed by atoms with Crippen molar-refractivity contribution in [2.45, 2.75) is 31.4 Å². The Hall–Kier alpha value is -1.72. The molecule has 3 fully saturated rings. The fourth-order valence-electron chi connectivity index (χ4n) is 6.12. The predicted octanol–water partition coefficient (Wildman–Crippen LogP) is 3.21. The summed E-state index contributed by atoms with van der Waals surface area (Å²) >= 11 is 0. The van der Waals surface area contributed by atoms with Crippen molar-refractivity contribution in [2.24, 2.45) is 11.8 Å². The van der Waals surface area contributed by atoms with Crippen LogP contribution in [0, 0.1) is 11.8 Å². The highest BCUT2D eigenvalue weighted by Gasteiger charge is 2.49. The summed E-state index contributed by atoms with van der Waals surface area (Å²) in [4.78, 5) is 7.53. The van der Waals surface area contributed by atoms with Crippen LogP contribution in [0.15, 0.2) is 54.6 Å². The first-order valence-corrected chi connectivity index (χ1v) is 12.1. The summed E-state index contributed by atoms with van der Waals surface area (Å²) in [5.41, 5.74) is 3.19. The molecule has 0 amide bonds. The van der Waals surface area contributed by atoms with Crippen LogP contribution in [0.4, 0.5) is 0 Å². The second kappa shape index (κ2) is 9.03. The summed E-state index contributed by atoms with van der Waals surface area (Å²) in [6, 6.07) is 19.4. The van der Waals surface area contributed by atoms with Gasteiger partial charge >= 0.3 is 0 Å². The van der Waals surface area contributed by atoms with Crippen molar-refractivity contribution >= 4 is 0 Å². The molecule has 4 unspecified atom stereocenters. The van der Waals surface area contributed by atoms with E-state index < -0.39 is 5.60 Å². The lowest BCUT2D eigenvalue weighted by atomic mass is 9.71. The maximum absolute atomic E-state index is 12.2. The highest BCUT2D eigenvalue weighted by Crippen LogP contribution is 2.46. The number of piperidine rings is 1. The van der Waals surface area contributed by atoms with Crippen LogP contribution in [0.5, 0.6) is 0 Å². The largest absolute Gasteiger partial charge is 0.385 e. The second-order valence-electron chi connectivity index (χ2n) is 10.1. The molecule has 2 aromatic carbocycles. The number of benzene rings is 2. The molecule has 3 heterocycles. The molecule has 4 nitrogen and oxygen atoms in total. The van der Waals surface area contributed by atoms with Crippen LogP contribution in [0.25, 0.3) is 0 Å². The van der Waals surface area contributed by atoms with Crippen molar-refractivity contribution in [1.29, 1.82) is 0 Å². The van der Waals surface area contributed by atoms with Crippen LogP contribution >= 0.6 is 0 Å². The third-order valence-electron chi connectivity index (χ3n) is 8.10. The first-order valence-electron chi connectivity index (χ1n) is 12.1. The molecule has 0 aliphatic carbocycles. The molecule has 1 N–H and O–H groups in total. The normalized spacial score (nSPS) is 28.6. The van der Waals surface area contributed by atoms with Crippen LogP contribution in [0.3, 0.4) is 0 Å². The Balaban J connectivity index is 1.34. The first kappa shape index (κ1) is 21.1. The minimum Gasteiger partial charge on any atom is -0.385 e. The van der Waals surface area contributed by atoms with Crippen molar-refractivity contribution in [2.75, 3.05) is 52.9 Å². The van der Waals surface area contributed by atoms with E-state index in [2.05, 4.69) is 76.3 Å². The van der Waals surface area contributed by atoms with Crippen LogP contribution in [-0.4, -0.2) is 72.7 Å². The van der Waals surface area contributed by atoms with Gasteiger partial charge in [-0.15, -0.1) is 0 Å². The zero-order chi connectivity index (χ0) is 21.3. The summed E-state index contributed by atoms with van der Waals surface area (Å²) in [5.74, 6) is 0.972. The van der Waals surface area contributed by atoms with E-state index >= 15 is 0 Å². The molecule has 166 valence electrons. The third-order valence-corrected chi connectivity index (χ3v) is 8.10. The van der Waals surface area contributed by atoms with Gasteiger partial charge in [0, 0.05) is 51.7 Å². The van der Waals surface area contributed by atoms with E-state index in [4.69, 9.17) is 0 Å². The monoisotopic (exact) mass is 419 g/mol. The molecular formula is C27H37N3O. The third kappa shape index (κ3) is 4.45. The van der Waals surface area contributed by atoms with E-state index in [1.54, 1.807) is 0 Å². The highest BCUT2D eigenvalue weighted by atomic mass is 16.3. The summed E-state index contributed by atoms with van der Waals surface area (Å²) in [6.45, 7) is 9.01. The summed E-state index contributed by atoms with van der Waals surface area (Å²) in [6.07, 6.45) is 2.96. The molecule has 3 saturated heterocycles. The molecule has 0 radical (unpaired) electrons. The predicted molar refractivity (Wildman–Crippen MR) is 126 cm³/mol. The van der Waals surface area contributed by atoms with E-state index in [0.717, 1.165) is 57.7 Å². The number of fused-ring (bicyclic) bond motifs is 2. The van der Waals surface area contributed by atoms with E-state index in [-0.39, 0.29) is 0 Å². The topological polar surface area (TPSA) is 30.0 Å². The zero-order valence-electron chi connectivity index (χ0n) is 18.9. The second-order valence-corrected chi connectivity index (χ2v) is 10.1. The average Bonchev–Trinajstić information content (AvgIpc) is 3.45. The molecule has 2 bridgehead atoms. The van der Waals surface area contributed by atoms with E-state index in [1.165, 1.54) is 30.6 Å². The van der Waals surface area contributed by atoms with Gasteiger partial charge in [-0.2, -0.15) is 0 Å². The van der Waals surface area contributed by atoms with Gasteiger partial charge in [-0.1, -0.05) is 54.6 Å². The van der Waals surface area contributed by atoms with Crippen molar-refractivity contribution < 1.29 is 5.11 Å². The maximum Gasteiger partial charge on any atom is 0.0943 e. The van der Waals surface area contributed by atoms with Gasteiger partial charge in [0.05, 0.1) is 5.60 Å². The van der Waals surface area contributed by atoms with Gasteiger partial charge in [0.2, 0.25) is 0 Å². The summed E-state index contributed by atoms with van der Waals surface area (Å²) in [7, 11) is 2.21. The Bertz CT molecular complexity index is 864. The molecule has 3 aliphatic rings. The lowest BCUT2D eigenvalue weighted by Gasteiger charge is -2.39. The molecule has 2 aromatic rings. The number of nitrogens with zero attached hydrogens (tertiary/aromatic N) is 3. The quantitative estimate of drug-likeness (QED) is 0.747. The van der Waals surface area contributed by atoms with Crippen molar-refractivity contribution in [3.8, 4) is 0 Å². The molecule has 31 heavy (non-hydrogen) atoms. The van der Waals surface area contributed by atoms with Gasteiger partial charge in [-0.3, -0.25) is 4.90 Å². The Morgan fingerprint density at radius 1 is 0.871 bits per heavy atom. The van der Waals surface area contributed by atoms with E-state index in [9.17, 15) is 5.11 Å². The number of piperazine rings is 1. The van der Waals surface area contributed by atoms with Gasteiger partial charge in [-0.05, 0) is 55.5 Å². The lowest BCUT2D eigenvalue weighted by Crippen LogP contribution is -2.44. The minimum absolute atomic E-state index is 0.341. The van der Waals surface area contributed by atoms with Crippen molar-refractivity contribution in [1.82, 2.24) is 14.7 Å². The van der Waals surface area contributed by atoms with Crippen LogP contribution in [0.1, 0.15) is 29.5 Å². The number of rotatable bonds is 7. The Kier molecular flexibility index (Phi) is 6.16. The highest BCUT2D eigenvalue weighted by molar-refractivity contribution is 5.30. The van der Waals surface area contributed by atoms with E-state index in [1.807, 2.05) is 0 Å². The van der Waals surface area contributed by atoms with Crippen molar-refractivity contribution in [3.63, 3.8) is 0 Å². The molecule has 0 aromatic heterocycles. The van der Waals surface area contributed by atoms with Gasteiger partial charge in [0.15, 0.2) is 0 Å². The number of aryl methyl sites for hydroxylation is 1. The average molecular weight is 420 g/mol. The molecule has 0 saturated carbocycles. The minimum atomic E-state index is -0.748. The molecule has 4 heteroatoms. The van der Waals surface area contributed by atoms with Gasteiger partial charge in [-0.25, -0.2) is 0 Å². The molecule has 3 aliphatic heterocycles. The summed E-state index contributed by atoms with van der Waals surface area (Å²) < 4.78 is 0. The molecule has 5 rings (SSSR count). The summed E-state index contributed by atoms with van der Waals surface area (Å²) in [5, 5.41) is 12.2. The van der Waals surface area contributed by atoms with Crippen molar-refractivity contribution in [3.05, 3.63) is 71.3 Å². The Morgan fingerprint density at radius 3 is 2.26 bits per heavy atom. The van der Waals surface area contributed by atoms with Gasteiger partial charge in [0.25, 0.3) is 0 Å². The van der Waals surface area contributed by atoms with E-state index in [0.29, 0.717) is 11.8 Å². The molecular weight excluding hydrogens is 382 g/mol. The molecule has 0 spiro atoms. The number of hydrogen-bond acceptors (Lipinski definition) is 4. The molecule has 4 atom stereocenters. The van der Waals surface area contributed by atoms with Crippen LogP contribution in [-0.2, 0) is 18.6 Å². The fraction of sp³-hybridized carbons (Fsp3) is 0.556. The van der Waals surface area contributed by atoms with Crippen LogP contribution in [0.2, 0.25) is 0 Å². The number of likely N-dealkylation sites (N-methyl/N-ethyl adjacent to an activating group) is 1. The number of aliphatic hydroxyl groups is 1. The Morgan fingerprint density at radius 2 is 1.58 bits per heavy atom. The number of hydrogen-bond donors (Lipinski definition) is 1.